The molecule has 0 radical (unpaired) electrons. The number of amides is 4. The first-order valence-electron chi connectivity index (χ1n) is 17.7. The second-order valence-corrected chi connectivity index (χ2v) is 18.4. The Morgan fingerprint density at radius 2 is 1.75 bits per heavy atom. The molecule has 5 atom stereocenters. The molecule has 51 heavy (non-hydrogen) atoms. The highest BCUT2D eigenvalue weighted by Gasteiger charge is 2.62. The first-order chi connectivity index (χ1) is 23.8. The largest absolute Gasteiger partial charge is 0.472 e. The standard InChI is InChI=1S/C37H49N5O8S/c1-8-23-19-37(23,33(45)41-51(47,48)25-15-16-25)40-30(43)28-18-24(49-31-26-12-10-9-11-22(26)17-27(38-31)21-13-14-21)20-42(28)32(44)29(35(2,3)4)39-34(46)50-36(5,6)7/h8-12,17,21,23-25,28-29H,1,13-16,18-20H2,2-7H3,(H,39,46)(H,40,43)(H,41,45)/t23?,24-,28+,29-,37-/m1/s1. The predicted molar refractivity (Wildman–Crippen MR) is 190 cm³/mol. The van der Waals surface area contributed by atoms with Crippen molar-refractivity contribution in [2.24, 2.45) is 11.3 Å². The number of ether oxygens (including phenoxy) is 2. The van der Waals surface area contributed by atoms with E-state index in [9.17, 15) is 27.6 Å². The first-order valence-corrected chi connectivity index (χ1v) is 19.2. The SMILES string of the molecule is C=CC1C[C@]1(NC(=O)[C@@H]1C[C@@H](Oc2nc(C3CC3)cc3ccccc23)CN1C(=O)[C@@H](NC(=O)OC(C)(C)C)C(C)(C)C)C(=O)NS(=O)(=O)C1CC1. The van der Waals surface area contributed by atoms with Gasteiger partial charge < -0.3 is 25.0 Å². The van der Waals surface area contributed by atoms with Gasteiger partial charge in [0.25, 0.3) is 5.91 Å². The minimum absolute atomic E-state index is 0.0106. The molecular formula is C37H49N5O8S. The van der Waals surface area contributed by atoms with E-state index in [1.54, 1.807) is 41.5 Å². The van der Waals surface area contributed by atoms with Crippen LogP contribution in [0.5, 0.6) is 5.88 Å². The number of hydrogen-bond donors (Lipinski definition) is 3. The van der Waals surface area contributed by atoms with Gasteiger partial charge in [0.1, 0.15) is 29.3 Å². The predicted octanol–water partition coefficient (Wildman–Crippen LogP) is 4.07. The van der Waals surface area contributed by atoms with Gasteiger partial charge in [0.2, 0.25) is 27.7 Å². The molecule has 4 fully saturated rings. The van der Waals surface area contributed by atoms with Crippen molar-refractivity contribution in [1.29, 1.82) is 0 Å². The summed E-state index contributed by atoms with van der Waals surface area (Å²) in [4.78, 5) is 61.5. The number of aromatic nitrogens is 1. The number of likely N-dealkylation sites (tertiary alicyclic amines) is 1. The van der Waals surface area contributed by atoms with Crippen LogP contribution in [0.15, 0.2) is 43.0 Å². The number of nitrogens with zero attached hydrogens (tertiary/aromatic N) is 2. The Labute approximate surface area is 299 Å². The normalized spacial score (nSPS) is 25.5. The number of rotatable bonds is 11. The van der Waals surface area contributed by atoms with E-state index < -0.39 is 79.7 Å². The lowest BCUT2D eigenvalue weighted by Crippen LogP contribution is -2.60. The Morgan fingerprint density at radius 3 is 2.33 bits per heavy atom. The highest BCUT2D eigenvalue weighted by Crippen LogP contribution is 2.46. The molecular weight excluding hydrogens is 675 g/mol. The zero-order valence-electron chi connectivity index (χ0n) is 30.2. The second-order valence-electron chi connectivity index (χ2n) is 16.5. The summed E-state index contributed by atoms with van der Waals surface area (Å²) in [7, 11) is -3.89. The molecule has 14 heteroatoms. The maximum Gasteiger partial charge on any atom is 0.408 e. The van der Waals surface area contributed by atoms with E-state index in [4.69, 9.17) is 14.5 Å². The van der Waals surface area contributed by atoms with E-state index in [1.807, 2.05) is 24.3 Å². The van der Waals surface area contributed by atoms with Gasteiger partial charge in [-0.25, -0.2) is 18.2 Å². The zero-order valence-corrected chi connectivity index (χ0v) is 31.0. The molecule has 13 nitrogen and oxygen atoms in total. The number of benzene rings is 1. The molecule has 3 aliphatic carbocycles. The molecule has 0 bridgehead atoms. The quantitative estimate of drug-likeness (QED) is 0.289. The van der Waals surface area contributed by atoms with Crippen LogP contribution in [0.3, 0.4) is 0 Å². The van der Waals surface area contributed by atoms with Crippen LogP contribution in [0.2, 0.25) is 0 Å². The molecule has 276 valence electrons. The minimum Gasteiger partial charge on any atom is -0.472 e. The van der Waals surface area contributed by atoms with E-state index >= 15 is 0 Å². The fourth-order valence-electron chi connectivity index (χ4n) is 6.66. The van der Waals surface area contributed by atoms with Crippen LogP contribution >= 0.6 is 0 Å². The van der Waals surface area contributed by atoms with E-state index in [0.717, 1.165) is 29.3 Å². The van der Waals surface area contributed by atoms with Crippen molar-refractivity contribution >= 4 is 44.6 Å². The van der Waals surface area contributed by atoms with Gasteiger partial charge in [-0.3, -0.25) is 19.1 Å². The van der Waals surface area contributed by atoms with Crippen molar-refractivity contribution in [1.82, 2.24) is 25.2 Å². The number of alkyl carbamates (subject to hydrolysis) is 1. The molecule has 6 rings (SSSR count). The fraction of sp³-hybridized carbons (Fsp3) is 0.595. The van der Waals surface area contributed by atoms with Gasteiger partial charge in [0.05, 0.1) is 11.8 Å². The molecule has 1 saturated heterocycles. The van der Waals surface area contributed by atoms with Gasteiger partial charge in [0, 0.05) is 29.3 Å². The maximum atomic E-state index is 14.5. The Morgan fingerprint density at radius 1 is 1.06 bits per heavy atom. The van der Waals surface area contributed by atoms with E-state index in [1.165, 1.54) is 11.0 Å². The summed E-state index contributed by atoms with van der Waals surface area (Å²) in [5.74, 6) is -1.76. The summed E-state index contributed by atoms with van der Waals surface area (Å²) in [6, 6.07) is 7.59. The monoisotopic (exact) mass is 723 g/mol. The number of sulfonamides is 1. The lowest BCUT2D eigenvalue weighted by Gasteiger charge is -2.36. The average Bonchev–Trinajstić information content (AvgIpc) is 3.91. The Hall–Kier alpha value is -4.20. The van der Waals surface area contributed by atoms with E-state index in [0.29, 0.717) is 24.6 Å². The van der Waals surface area contributed by atoms with Crippen LogP contribution in [0.25, 0.3) is 10.8 Å². The summed E-state index contributed by atoms with van der Waals surface area (Å²) < 4.78 is 39.6. The fourth-order valence-corrected chi connectivity index (χ4v) is 8.02. The number of carbonyl (C=O) groups is 4. The molecule has 1 aromatic heterocycles. The number of nitrogens with one attached hydrogen (secondary N) is 3. The van der Waals surface area contributed by atoms with Crippen LogP contribution in [-0.4, -0.2) is 83.2 Å². The van der Waals surface area contributed by atoms with Gasteiger partial charge in [0.15, 0.2) is 0 Å². The molecule has 2 heterocycles. The Balaban J connectivity index is 1.30. The Kier molecular flexibility index (Phi) is 9.39. The molecule has 1 aromatic carbocycles. The van der Waals surface area contributed by atoms with Crippen LogP contribution < -0.4 is 20.1 Å². The van der Waals surface area contributed by atoms with Crippen molar-refractivity contribution in [3.05, 3.63) is 48.7 Å². The van der Waals surface area contributed by atoms with Crippen LogP contribution in [0.1, 0.15) is 91.7 Å². The van der Waals surface area contributed by atoms with Gasteiger partial charge in [-0.15, -0.1) is 6.58 Å². The molecule has 1 aliphatic heterocycles. The number of fused-ring (bicyclic) bond motifs is 1. The molecule has 2 aromatic rings. The maximum absolute atomic E-state index is 14.5. The molecule has 0 spiro atoms. The Bertz CT molecular complexity index is 1860. The summed E-state index contributed by atoms with van der Waals surface area (Å²) in [6.07, 6.45) is 3.28. The average molecular weight is 724 g/mol. The molecule has 4 amide bonds. The van der Waals surface area contributed by atoms with Gasteiger partial charge in [-0.05, 0) is 75.8 Å². The van der Waals surface area contributed by atoms with Crippen molar-refractivity contribution < 1.29 is 37.1 Å². The first kappa shape index (κ1) is 36.6. The van der Waals surface area contributed by atoms with Gasteiger partial charge in [-0.2, -0.15) is 0 Å². The molecule has 3 N–H and O–H groups in total. The lowest BCUT2D eigenvalue weighted by atomic mass is 9.85. The third kappa shape index (κ3) is 8.00. The smallest absolute Gasteiger partial charge is 0.408 e. The summed E-state index contributed by atoms with van der Waals surface area (Å²) in [5.41, 5.74) is -2.23. The third-order valence-electron chi connectivity index (χ3n) is 9.87. The van der Waals surface area contributed by atoms with Crippen LogP contribution in [0.4, 0.5) is 4.79 Å². The summed E-state index contributed by atoms with van der Waals surface area (Å²) >= 11 is 0. The number of carbonyl (C=O) groups excluding carboxylic acids is 4. The summed E-state index contributed by atoms with van der Waals surface area (Å²) in [6.45, 7) is 14.3. The van der Waals surface area contributed by atoms with Crippen molar-refractivity contribution in [2.75, 3.05) is 6.54 Å². The second kappa shape index (κ2) is 13.1. The van der Waals surface area contributed by atoms with Crippen LogP contribution in [-0.2, 0) is 29.1 Å². The van der Waals surface area contributed by atoms with Gasteiger partial charge in [-0.1, -0.05) is 45.0 Å². The number of pyridine rings is 1. The third-order valence-corrected chi connectivity index (χ3v) is 11.7. The number of hydrogen-bond acceptors (Lipinski definition) is 9. The zero-order chi connectivity index (χ0) is 37.1. The van der Waals surface area contributed by atoms with E-state index in [-0.39, 0.29) is 19.4 Å². The highest BCUT2D eigenvalue weighted by molar-refractivity contribution is 7.91. The molecule has 3 saturated carbocycles. The van der Waals surface area contributed by atoms with Crippen molar-refractivity contribution in [3.8, 4) is 5.88 Å². The highest BCUT2D eigenvalue weighted by atomic mass is 32.2. The minimum atomic E-state index is -3.89. The summed E-state index contributed by atoms with van der Waals surface area (Å²) in [5, 5.41) is 6.66. The van der Waals surface area contributed by atoms with Gasteiger partial charge >= 0.3 is 6.09 Å². The molecule has 1 unspecified atom stereocenters. The van der Waals surface area contributed by atoms with E-state index in [2.05, 4.69) is 28.0 Å². The van der Waals surface area contributed by atoms with Crippen molar-refractivity contribution in [3.63, 3.8) is 0 Å². The molecule has 4 aliphatic rings. The topological polar surface area (TPSA) is 173 Å². The van der Waals surface area contributed by atoms with Crippen molar-refractivity contribution in [2.45, 2.75) is 121 Å². The lowest BCUT2D eigenvalue weighted by molar-refractivity contribution is -0.143. The van der Waals surface area contributed by atoms with Crippen LogP contribution in [0, 0.1) is 11.3 Å².